The summed E-state index contributed by atoms with van der Waals surface area (Å²) in [6.45, 7) is 0. The third kappa shape index (κ3) is 3.85. The normalized spacial score (nSPS) is 14.9. The highest BCUT2D eigenvalue weighted by Gasteiger charge is 2.76. The zero-order valence-corrected chi connectivity index (χ0v) is 13.0. The first-order chi connectivity index (χ1) is 12.5. The van der Waals surface area contributed by atoms with E-state index in [1.807, 2.05) is 0 Å². The summed E-state index contributed by atoms with van der Waals surface area (Å²) in [6, 6.07) is -2.15. The maximum Gasteiger partial charge on any atom is 0.488 e. The summed E-state index contributed by atoms with van der Waals surface area (Å²) in [5.74, 6) is -27.0. The second-order valence-corrected chi connectivity index (χ2v) is 5.47. The first kappa shape index (κ1) is 25.3. The minimum absolute atomic E-state index is 0.434. The van der Waals surface area contributed by atoms with E-state index in [0.29, 0.717) is 0 Å². The number of hydrogen-bond donors (Lipinski definition) is 2. The first-order valence-corrected chi connectivity index (χ1v) is 6.69. The Morgan fingerprint density at radius 1 is 0.586 bits per heavy atom. The molecule has 1 aromatic carbocycles. The fraction of sp³-hybridized carbons (Fsp3) is 0.500. The number of halogens is 14. The monoisotopic (exact) mass is 458 g/mol. The highest BCUT2D eigenvalue weighted by molar-refractivity contribution is 6.59. The average molecular weight is 458 g/mol. The van der Waals surface area contributed by atoms with Gasteiger partial charge < -0.3 is 10.0 Å². The third-order valence-corrected chi connectivity index (χ3v) is 3.53. The average Bonchev–Trinajstić information content (AvgIpc) is 2.51. The molecule has 0 amide bonds. The van der Waals surface area contributed by atoms with Crippen LogP contribution in [0, 0.1) is 0 Å². The van der Waals surface area contributed by atoms with E-state index in [1.165, 1.54) is 0 Å². The van der Waals surface area contributed by atoms with Gasteiger partial charge in [-0.1, -0.05) is 12.1 Å². The van der Waals surface area contributed by atoms with Gasteiger partial charge in [0.1, 0.15) is 0 Å². The largest absolute Gasteiger partial charge is 0.488 e. The first-order valence-electron chi connectivity index (χ1n) is 6.69. The summed E-state index contributed by atoms with van der Waals surface area (Å²) in [7, 11) is -3.31. The second-order valence-electron chi connectivity index (χ2n) is 5.47. The molecule has 0 saturated heterocycles. The van der Waals surface area contributed by atoms with Crippen molar-refractivity contribution in [3.05, 3.63) is 29.3 Å². The zero-order valence-electron chi connectivity index (χ0n) is 13.0. The standard InChI is InChI=1S/C12H5BF14O2/c14-7(15,9(18,19)11(22,23)24)4-1-2-6(13(28)29)5(3-4)8(16,17)10(20,21)12(25,26)27/h1-3,28-29H. The second kappa shape index (κ2) is 6.89. The van der Waals surface area contributed by atoms with Gasteiger partial charge in [0, 0.05) is 11.1 Å². The van der Waals surface area contributed by atoms with Crippen molar-refractivity contribution in [1.29, 1.82) is 0 Å². The lowest BCUT2D eigenvalue weighted by Crippen LogP contribution is -2.54. The fourth-order valence-electron chi connectivity index (χ4n) is 1.96. The van der Waals surface area contributed by atoms with Crippen molar-refractivity contribution in [2.45, 2.75) is 36.0 Å². The van der Waals surface area contributed by atoms with Crippen LogP contribution in [0.15, 0.2) is 18.2 Å². The molecule has 17 heteroatoms. The molecule has 166 valence electrons. The molecule has 0 atom stereocenters. The van der Waals surface area contributed by atoms with Crippen LogP contribution in [0.1, 0.15) is 11.1 Å². The molecular formula is C12H5BF14O2. The summed E-state index contributed by atoms with van der Waals surface area (Å²) >= 11 is 0. The van der Waals surface area contributed by atoms with E-state index in [1.54, 1.807) is 0 Å². The lowest BCUT2D eigenvalue weighted by atomic mass is 9.73. The highest BCUT2D eigenvalue weighted by Crippen LogP contribution is 2.54. The van der Waals surface area contributed by atoms with Crippen molar-refractivity contribution in [2.75, 3.05) is 0 Å². The number of alkyl halides is 14. The molecule has 0 spiro atoms. The van der Waals surface area contributed by atoms with Gasteiger partial charge in [-0.15, -0.1) is 0 Å². The molecule has 0 radical (unpaired) electrons. The Hall–Kier alpha value is -1.78. The molecule has 0 aliphatic rings. The summed E-state index contributed by atoms with van der Waals surface area (Å²) in [4.78, 5) is 0. The van der Waals surface area contributed by atoms with E-state index >= 15 is 0 Å². The van der Waals surface area contributed by atoms with Crippen molar-refractivity contribution >= 4 is 12.6 Å². The van der Waals surface area contributed by atoms with Crippen LogP contribution in [0.25, 0.3) is 0 Å². The Labute approximate surface area is 150 Å². The molecule has 0 saturated carbocycles. The van der Waals surface area contributed by atoms with Crippen LogP contribution >= 0.6 is 0 Å². The van der Waals surface area contributed by atoms with Crippen molar-refractivity contribution in [3.63, 3.8) is 0 Å². The van der Waals surface area contributed by atoms with E-state index in [9.17, 15) is 61.5 Å². The van der Waals surface area contributed by atoms with Gasteiger partial charge in [-0.05, 0) is 11.5 Å². The Balaban J connectivity index is 3.83. The van der Waals surface area contributed by atoms with E-state index in [4.69, 9.17) is 10.0 Å². The van der Waals surface area contributed by atoms with Crippen LogP contribution in [0.2, 0.25) is 0 Å². The van der Waals surface area contributed by atoms with Gasteiger partial charge in [0.2, 0.25) is 0 Å². The summed E-state index contributed by atoms with van der Waals surface area (Å²) < 4.78 is 180. The SMILES string of the molecule is OB(O)c1ccc(C(F)(F)C(F)(F)C(F)(F)F)cc1C(F)(F)C(F)(F)C(F)(F)F. The molecule has 29 heavy (non-hydrogen) atoms. The van der Waals surface area contributed by atoms with Crippen LogP contribution in [0.5, 0.6) is 0 Å². The van der Waals surface area contributed by atoms with Crippen molar-refractivity contribution in [1.82, 2.24) is 0 Å². The minimum atomic E-state index is -7.07. The molecule has 0 aliphatic carbocycles. The topological polar surface area (TPSA) is 40.5 Å². The van der Waals surface area contributed by atoms with Gasteiger partial charge in [-0.3, -0.25) is 0 Å². The lowest BCUT2D eigenvalue weighted by molar-refractivity contribution is -0.361. The zero-order chi connectivity index (χ0) is 23.4. The van der Waals surface area contributed by atoms with E-state index in [0.717, 1.165) is 0 Å². The predicted molar refractivity (Wildman–Crippen MR) is 66.1 cm³/mol. The number of rotatable bonds is 5. The van der Waals surface area contributed by atoms with E-state index < -0.39 is 77.9 Å². The van der Waals surface area contributed by atoms with Crippen LogP contribution in [0.3, 0.4) is 0 Å². The molecule has 1 aromatic rings. The Morgan fingerprint density at radius 2 is 0.966 bits per heavy atom. The van der Waals surface area contributed by atoms with Gasteiger partial charge in [0.15, 0.2) is 0 Å². The highest BCUT2D eigenvalue weighted by atomic mass is 19.4. The van der Waals surface area contributed by atoms with E-state index in [2.05, 4.69) is 0 Å². The molecule has 0 unspecified atom stereocenters. The Morgan fingerprint density at radius 3 is 1.31 bits per heavy atom. The molecule has 0 aromatic heterocycles. The maximum absolute atomic E-state index is 13.8. The van der Waals surface area contributed by atoms with Gasteiger partial charge in [-0.25, -0.2) is 0 Å². The molecule has 2 nitrogen and oxygen atoms in total. The molecule has 0 bridgehead atoms. The van der Waals surface area contributed by atoms with Gasteiger partial charge in [0.05, 0.1) is 0 Å². The molecular weight excluding hydrogens is 453 g/mol. The summed E-state index contributed by atoms with van der Waals surface area (Å²) in [5.41, 5.74) is -7.67. The third-order valence-electron chi connectivity index (χ3n) is 3.53. The fourth-order valence-corrected chi connectivity index (χ4v) is 1.96. The van der Waals surface area contributed by atoms with Gasteiger partial charge >= 0.3 is 43.2 Å². The predicted octanol–water partition coefficient (Wildman–Crippen LogP) is 3.95. The van der Waals surface area contributed by atoms with Crippen molar-refractivity contribution in [2.24, 2.45) is 0 Å². The Bertz CT molecular complexity index is 752. The van der Waals surface area contributed by atoms with Crippen LogP contribution in [-0.2, 0) is 11.8 Å². The number of hydrogen-bond acceptors (Lipinski definition) is 2. The van der Waals surface area contributed by atoms with Gasteiger partial charge in [0.25, 0.3) is 0 Å². The molecule has 0 fully saturated rings. The van der Waals surface area contributed by atoms with Crippen molar-refractivity contribution < 1.29 is 71.5 Å². The van der Waals surface area contributed by atoms with Crippen LogP contribution in [0.4, 0.5) is 61.5 Å². The smallest absolute Gasteiger partial charge is 0.423 e. The molecule has 2 N–H and O–H groups in total. The van der Waals surface area contributed by atoms with Crippen LogP contribution in [-0.4, -0.2) is 41.4 Å². The quantitative estimate of drug-likeness (QED) is 0.519. The Kier molecular flexibility index (Phi) is 6.00. The van der Waals surface area contributed by atoms with E-state index in [-0.39, 0.29) is 0 Å². The molecule has 0 heterocycles. The molecule has 0 aliphatic heterocycles. The lowest BCUT2D eigenvalue weighted by Gasteiger charge is -2.32. The summed E-state index contributed by atoms with van der Waals surface area (Å²) in [6.07, 6.45) is -14.0. The minimum Gasteiger partial charge on any atom is -0.423 e. The van der Waals surface area contributed by atoms with Gasteiger partial charge in [-0.2, -0.15) is 61.5 Å². The number of benzene rings is 1. The molecule has 1 rings (SSSR count). The van der Waals surface area contributed by atoms with Crippen molar-refractivity contribution in [3.8, 4) is 0 Å². The maximum atomic E-state index is 13.8. The summed E-state index contributed by atoms with van der Waals surface area (Å²) in [5, 5.41) is 17.6. The van der Waals surface area contributed by atoms with Crippen LogP contribution < -0.4 is 5.46 Å².